The van der Waals surface area contributed by atoms with Gasteiger partial charge in [-0.3, -0.25) is 14.3 Å². The molecule has 35 heavy (non-hydrogen) atoms. The molecule has 4 rings (SSSR count). The van der Waals surface area contributed by atoms with Gasteiger partial charge in [-0.1, -0.05) is 20.3 Å². The van der Waals surface area contributed by atoms with Crippen LogP contribution >= 0.6 is 0 Å². The van der Waals surface area contributed by atoms with E-state index >= 15 is 0 Å². The van der Waals surface area contributed by atoms with Gasteiger partial charge in [0.2, 0.25) is 0 Å². The molecule has 4 aromatic rings. The second-order valence-corrected chi connectivity index (χ2v) is 8.58. The van der Waals surface area contributed by atoms with Crippen molar-refractivity contribution >= 4 is 17.1 Å². The molecule has 0 aliphatic carbocycles. The van der Waals surface area contributed by atoms with Crippen LogP contribution in [0.1, 0.15) is 60.7 Å². The molecule has 184 valence electrons. The van der Waals surface area contributed by atoms with Crippen LogP contribution in [0.5, 0.6) is 0 Å². The van der Waals surface area contributed by atoms with E-state index in [0.29, 0.717) is 35.6 Å². The molecule has 1 N–H and O–H groups in total. The van der Waals surface area contributed by atoms with Crippen LogP contribution in [-0.2, 0) is 24.4 Å². The highest BCUT2D eigenvalue weighted by Gasteiger charge is 2.19. The van der Waals surface area contributed by atoms with E-state index in [1.165, 1.54) is 4.57 Å². The number of carbonyl (C=O) groups excluding carboxylic acids is 1. The fourth-order valence-electron chi connectivity index (χ4n) is 4.16. The molecule has 0 unspecified atom stereocenters. The van der Waals surface area contributed by atoms with Crippen molar-refractivity contribution in [1.29, 1.82) is 0 Å². The number of esters is 1. The summed E-state index contributed by atoms with van der Waals surface area (Å²) in [6.45, 7) is 8.75. The van der Waals surface area contributed by atoms with E-state index in [9.17, 15) is 14.4 Å². The smallest absolute Gasteiger partial charge is 0.338 e. The number of unbranched alkanes of at least 4 members (excludes halogenated alkanes) is 1. The highest BCUT2D eigenvalue weighted by Crippen LogP contribution is 2.16. The number of aromatic amines is 1. The van der Waals surface area contributed by atoms with E-state index in [-0.39, 0.29) is 6.61 Å². The number of hydrogen-bond acceptors (Lipinski definition) is 6. The van der Waals surface area contributed by atoms with Gasteiger partial charge in [0.25, 0.3) is 5.56 Å². The van der Waals surface area contributed by atoms with E-state index < -0.39 is 17.2 Å². The molecule has 3 heterocycles. The number of carbonyl (C=O) groups is 1. The van der Waals surface area contributed by atoms with Gasteiger partial charge in [0.15, 0.2) is 11.2 Å². The molecule has 3 aromatic heterocycles. The van der Waals surface area contributed by atoms with Gasteiger partial charge in [-0.25, -0.2) is 19.3 Å². The molecule has 10 nitrogen and oxygen atoms in total. The van der Waals surface area contributed by atoms with Crippen LogP contribution in [-0.4, -0.2) is 34.9 Å². The van der Waals surface area contributed by atoms with Gasteiger partial charge in [0.1, 0.15) is 12.4 Å². The number of nitrogens with one attached hydrogen (secondary N) is 1. The lowest BCUT2D eigenvalue weighted by Gasteiger charge is -2.09. The Morgan fingerprint density at radius 2 is 1.77 bits per heavy atom. The quantitative estimate of drug-likeness (QED) is 0.369. The Morgan fingerprint density at radius 3 is 2.40 bits per heavy atom. The van der Waals surface area contributed by atoms with Crippen LogP contribution in [0.25, 0.3) is 16.9 Å². The molecule has 0 amide bonds. The second-order valence-electron chi connectivity index (χ2n) is 8.58. The minimum absolute atomic E-state index is 0.117. The van der Waals surface area contributed by atoms with Gasteiger partial charge in [0.05, 0.1) is 16.9 Å². The SMILES string of the molecule is CCCCn1c(=O)[nH]c(=O)c2c1nc(COC(=O)c1ccc(-n3nc(C)cc3C)cc1)n2CCC. The van der Waals surface area contributed by atoms with Crippen molar-refractivity contribution in [2.75, 3.05) is 0 Å². The highest BCUT2D eigenvalue weighted by atomic mass is 16.5. The first-order chi connectivity index (χ1) is 16.8. The van der Waals surface area contributed by atoms with Crippen molar-refractivity contribution in [3.8, 4) is 5.69 Å². The van der Waals surface area contributed by atoms with Gasteiger partial charge in [0, 0.05) is 18.8 Å². The molecule has 0 fully saturated rings. The summed E-state index contributed by atoms with van der Waals surface area (Å²) in [5.41, 5.74) is 2.83. The van der Waals surface area contributed by atoms with Crippen LogP contribution in [0.15, 0.2) is 39.9 Å². The third-order valence-corrected chi connectivity index (χ3v) is 5.84. The fourth-order valence-corrected chi connectivity index (χ4v) is 4.16. The van der Waals surface area contributed by atoms with Crippen LogP contribution in [0.4, 0.5) is 0 Å². The lowest BCUT2D eigenvalue weighted by Crippen LogP contribution is -2.31. The van der Waals surface area contributed by atoms with Gasteiger partial charge in [-0.05, 0) is 57.0 Å². The Balaban J connectivity index is 1.59. The third-order valence-electron chi connectivity index (χ3n) is 5.84. The zero-order valence-electron chi connectivity index (χ0n) is 20.5. The zero-order valence-corrected chi connectivity index (χ0v) is 20.5. The lowest BCUT2D eigenvalue weighted by atomic mass is 10.2. The monoisotopic (exact) mass is 478 g/mol. The Morgan fingerprint density at radius 1 is 1.03 bits per heavy atom. The molecule has 0 atom stereocenters. The Hall–Kier alpha value is -3.95. The molecule has 0 saturated heterocycles. The number of imidazole rings is 1. The number of hydrogen-bond donors (Lipinski definition) is 1. The number of aryl methyl sites for hydroxylation is 4. The number of aromatic nitrogens is 6. The summed E-state index contributed by atoms with van der Waals surface area (Å²) >= 11 is 0. The standard InChI is InChI=1S/C25H30N6O4/c1-5-7-13-30-22-21(23(32)27-25(30)34)29(12-6-2)20(26-22)15-35-24(33)18-8-10-19(11-9-18)31-17(4)14-16(3)28-31/h8-11,14H,5-7,12-13,15H2,1-4H3,(H,27,32,34). The number of ether oxygens (including phenoxy) is 1. The van der Waals surface area contributed by atoms with E-state index in [0.717, 1.165) is 36.3 Å². The third kappa shape index (κ3) is 4.82. The van der Waals surface area contributed by atoms with Crippen molar-refractivity contribution < 1.29 is 9.53 Å². The maximum absolute atomic E-state index is 12.7. The summed E-state index contributed by atoms with van der Waals surface area (Å²) in [4.78, 5) is 44.7. The number of fused-ring (bicyclic) bond motifs is 1. The van der Waals surface area contributed by atoms with E-state index in [1.54, 1.807) is 16.7 Å². The number of benzene rings is 1. The summed E-state index contributed by atoms with van der Waals surface area (Å²) in [6.07, 6.45) is 2.42. The molecular weight excluding hydrogens is 448 g/mol. The van der Waals surface area contributed by atoms with E-state index in [4.69, 9.17) is 4.74 Å². The molecule has 0 spiro atoms. The molecule has 1 aromatic carbocycles. The minimum Gasteiger partial charge on any atom is -0.454 e. The normalized spacial score (nSPS) is 11.3. The van der Waals surface area contributed by atoms with Crippen molar-refractivity contribution in [2.45, 2.75) is 66.7 Å². The molecular formula is C25H30N6O4. The zero-order chi connectivity index (χ0) is 25.1. The minimum atomic E-state index is -0.502. The van der Waals surface area contributed by atoms with Gasteiger partial charge in [-0.2, -0.15) is 5.10 Å². The summed E-state index contributed by atoms with van der Waals surface area (Å²) < 4.78 is 10.6. The Kier molecular flexibility index (Phi) is 6.99. The molecule has 10 heteroatoms. The van der Waals surface area contributed by atoms with E-state index in [1.807, 2.05) is 50.6 Å². The summed E-state index contributed by atoms with van der Waals surface area (Å²) in [7, 11) is 0. The molecule has 0 saturated carbocycles. The number of rotatable bonds is 9. The average Bonchev–Trinajstić information content (AvgIpc) is 3.37. The maximum atomic E-state index is 12.7. The maximum Gasteiger partial charge on any atom is 0.338 e. The number of H-pyrrole nitrogens is 1. The Bertz CT molecular complexity index is 1470. The van der Waals surface area contributed by atoms with Crippen LogP contribution in [0, 0.1) is 13.8 Å². The van der Waals surface area contributed by atoms with Crippen LogP contribution < -0.4 is 11.2 Å². The second kappa shape index (κ2) is 10.1. The van der Waals surface area contributed by atoms with Crippen molar-refractivity contribution in [2.24, 2.45) is 0 Å². The van der Waals surface area contributed by atoms with Crippen LogP contribution in [0.2, 0.25) is 0 Å². The summed E-state index contributed by atoms with van der Waals surface area (Å²) in [5, 5.41) is 4.45. The summed E-state index contributed by atoms with van der Waals surface area (Å²) in [5.74, 6) is -0.0758. The molecule has 0 radical (unpaired) electrons. The first kappa shape index (κ1) is 24.2. The molecule has 0 bridgehead atoms. The predicted molar refractivity (Wildman–Crippen MR) is 132 cm³/mol. The highest BCUT2D eigenvalue weighted by molar-refractivity contribution is 5.89. The Labute approximate surface area is 202 Å². The lowest BCUT2D eigenvalue weighted by molar-refractivity contribution is 0.0458. The fraction of sp³-hybridized carbons (Fsp3) is 0.400. The van der Waals surface area contributed by atoms with Gasteiger partial charge in [-0.15, -0.1) is 0 Å². The van der Waals surface area contributed by atoms with Gasteiger partial charge >= 0.3 is 11.7 Å². The number of nitrogens with zero attached hydrogens (tertiary/aromatic N) is 5. The van der Waals surface area contributed by atoms with Crippen molar-refractivity contribution in [1.82, 2.24) is 28.9 Å². The predicted octanol–water partition coefficient (Wildman–Crippen LogP) is 3.26. The van der Waals surface area contributed by atoms with Crippen molar-refractivity contribution in [3.63, 3.8) is 0 Å². The largest absolute Gasteiger partial charge is 0.454 e. The van der Waals surface area contributed by atoms with Crippen LogP contribution in [0.3, 0.4) is 0 Å². The molecule has 0 aliphatic heterocycles. The summed E-state index contributed by atoms with van der Waals surface area (Å²) in [6, 6.07) is 8.99. The first-order valence-electron chi connectivity index (χ1n) is 11.9. The van der Waals surface area contributed by atoms with Crippen molar-refractivity contribution in [3.05, 3.63) is 73.9 Å². The topological polar surface area (TPSA) is 117 Å². The molecule has 0 aliphatic rings. The average molecular weight is 479 g/mol. The van der Waals surface area contributed by atoms with E-state index in [2.05, 4.69) is 15.1 Å². The van der Waals surface area contributed by atoms with Gasteiger partial charge < -0.3 is 9.30 Å². The first-order valence-corrected chi connectivity index (χ1v) is 11.9.